The highest BCUT2D eigenvalue weighted by Gasteiger charge is 2.13. The molecule has 2 N–H and O–H groups in total. The van der Waals surface area contributed by atoms with Crippen LogP contribution in [0.3, 0.4) is 0 Å². The lowest BCUT2D eigenvalue weighted by Crippen LogP contribution is -2.44. The molecule has 76 valence electrons. The highest BCUT2D eigenvalue weighted by atomic mass is 15.2. The van der Waals surface area contributed by atoms with Gasteiger partial charge in [-0.1, -0.05) is 0 Å². The van der Waals surface area contributed by atoms with Gasteiger partial charge in [-0.05, 0) is 12.1 Å². The topological polar surface area (TPSA) is 40.2 Å². The molecule has 0 saturated carbocycles. The predicted molar refractivity (Wildman–Crippen MR) is 58.9 cm³/mol. The smallest absolute Gasteiger partial charge is 0.152 e. The van der Waals surface area contributed by atoms with E-state index >= 15 is 0 Å². The van der Waals surface area contributed by atoms with Crippen molar-refractivity contribution in [1.29, 1.82) is 0 Å². The van der Waals surface area contributed by atoms with E-state index in [9.17, 15) is 0 Å². The molecule has 1 saturated heterocycles. The molecule has 0 aromatic carbocycles. The fraction of sp³-hybridized carbons (Fsp3) is 0.500. The normalized spacial score (nSPS) is 16.8. The summed E-state index contributed by atoms with van der Waals surface area (Å²) in [6.45, 7) is 4.15. The van der Waals surface area contributed by atoms with E-state index in [2.05, 4.69) is 26.6 Å². The summed E-state index contributed by atoms with van der Waals surface area (Å²) < 4.78 is 0. The summed E-state index contributed by atoms with van der Waals surface area (Å²) in [6, 6.07) is 4.02. The van der Waals surface area contributed by atoms with E-state index in [0.29, 0.717) is 0 Å². The van der Waals surface area contributed by atoms with Crippen LogP contribution in [0.5, 0.6) is 0 Å². The molecule has 2 heterocycles. The Morgan fingerprint density at radius 2 is 2.21 bits per heavy atom. The standard InChI is InChI=1S/C10H16N4/c1-11-9-3-2-4-13-10(9)14-7-5-12-6-8-14/h2-4,11-12H,5-8H2,1H3. The van der Waals surface area contributed by atoms with Crippen molar-refractivity contribution in [3.63, 3.8) is 0 Å². The fourth-order valence-electron chi connectivity index (χ4n) is 1.72. The number of nitrogens with one attached hydrogen (secondary N) is 2. The van der Waals surface area contributed by atoms with Crippen molar-refractivity contribution in [3.8, 4) is 0 Å². The van der Waals surface area contributed by atoms with Gasteiger partial charge in [-0.25, -0.2) is 4.98 Å². The number of hydrogen-bond acceptors (Lipinski definition) is 4. The van der Waals surface area contributed by atoms with Gasteiger partial charge in [0.05, 0.1) is 5.69 Å². The third-order valence-corrected chi connectivity index (χ3v) is 2.47. The Hall–Kier alpha value is -1.29. The van der Waals surface area contributed by atoms with Crippen molar-refractivity contribution in [2.75, 3.05) is 43.4 Å². The lowest BCUT2D eigenvalue weighted by atomic mass is 10.3. The van der Waals surface area contributed by atoms with Gasteiger partial charge >= 0.3 is 0 Å². The Morgan fingerprint density at radius 3 is 2.93 bits per heavy atom. The molecule has 1 aliphatic rings. The van der Waals surface area contributed by atoms with Gasteiger partial charge in [-0.3, -0.25) is 0 Å². The number of anilines is 2. The Morgan fingerprint density at radius 1 is 1.43 bits per heavy atom. The molecular weight excluding hydrogens is 176 g/mol. The molecular formula is C10H16N4. The predicted octanol–water partition coefficient (Wildman–Crippen LogP) is 0.533. The van der Waals surface area contributed by atoms with Crippen molar-refractivity contribution >= 4 is 11.5 Å². The first kappa shape index (κ1) is 9.27. The molecule has 0 spiro atoms. The SMILES string of the molecule is CNc1cccnc1N1CCNCC1. The highest BCUT2D eigenvalue weighted by molar-refractivity contribution is 5.65. The number of hydrogen-bond donors (Lipinski definition) is 2. The quantitative estimate of drug-likeness (QED) is 0.717. The summed E-state index contributed by atoms with van der Waals surface area (Å²) in [7, 11) is 1.93. The van der Waals surface area contributed by atoms with Gasteiger partial charge in [-0.2, -0.15) is 0 Å². The molecule has 0 bridgehead atoms. The number of aromatic nitrogens is 1. The van der Waals surface area contributed by atoms with Crippen molar-refractivity contribution in [3.05, 3.63) is 18.3 Å². The maximum Gasteiger partial charge on any atom is 0.152 e. The molecule has 0 atom stereocenters. The van der Waals surface area contributed by atoms with Gasteiger partial charge in [0.15, 0.2) is 5.82 Å². The minimum absolute atomic E-state index is 1.03. The molecule has 0 unspecified atom stereocenters. The van der Waals surface area contributed by atoms with Gasteiger partial charge in [0, 0.05) is 39.4 Å². The fourth-order valence-corrected chi connectivity index (χ4v) is 1.72. The van der Waals surface area contributed by atoms with Crippen LogP contribution in [0.2, 0.25) is 0 Å². The maximum absolute atomic E-state index is 4.41. The number of pyridine rings is 1. The molecule has 1 aromatic heterocycles. The highest BCUT2D eigenvalue weighted by Crippen LogP contribution is 2.21. The van der Waals surface area contributed by atoms with Crippen LogP contribution in [-0.2, 0) is 0 Å². The van der Waals surface area contributed by atoms with Crippen LogP contribution in [0.1, 0.15) is 0 Å². The lowest BCUT2D eigenvalue weighted by Gasteiger charge is -2.29. The van der Waals surface area contributed by atoms with E-state index in [1.54, 1.807) is 0 Å². The third-order valence-electron chi connectivity index (χ3n) is 2.47. The van der Waals surface area contributed by atoms with Crippen LogP contribution < -0.4 is 15.5 Å². The van der Waals surface area contributed by atoms with Gasteiger partial charge < -0.3 is 15.5 Å². The van der Waals surface area contributed by atoms with Crippen molar-refractivity contribution in [2.45, 2.75) is 0 Å². The van der Waals surface area contributed by atoms with Gasteiger partial charge in [0.1, 0.15) is 0 Å². The van der Waals surface area contributed by atoms with E-state index in [-0.39, 0.29) is 0 Å². The maximum atomic E-state index is 4.41. The zero-order chi connectivity index (χ0) is 9.80. The summed E-state index contributed by atoms with van der Waals surface area (Å²) >= 11 is 0. The average molecular weight is 192 g/mol. The van der Waals surface area contributed by atoms with Crippen molar-refractivity contribution in [2.24, 2.45) is 0 Å². The largest absolute Gasteiger partial charge is 0.385 e. The van der Waals surface area contributed by atoms with Gasteiger partial charge in [0.2, 0.25) is 0 Å². The lowest BCUT2D eigenvalue weighted by molar-refractivity contribution is 0.585. The van der Waals surface area contributed by atoms with Crippen molar-refractivity contribution in [1.82, 2.24) is 10.3 Å². The van der Waals surface area contributed by atoms with Crippen molar-refractivity contribution < 1.29 is 0 Å². The molecule has 0 aliphatic carbocycles. The zero-order valence-corrected chi connectivity index (χ0v) is 8.45. The van der Waals surface area contributed by atoms with Crippen LogP contribution in [-0.4, -0.2) is 38.2 Å². The summed E-state index contributed by atoms with van der Waals surface area (Å²) in [5.74, 6) is 1.07. The molecule has 1 fully saturated rings. The second-order valence-corrected chi connectivity index (χ2v) is 3.36. The number of rotatable bonds is 2. The average Bonchev–Trinajstić information content (AvgIpc) is 2.30. The molecule has 14 heavy (non-hydrogen) atoms. The Bertz CT molecular complexity index is 294. The summed E-state index contributed by atoms with van der Waals surface area (Å²) in [6.07, 6.45) is 1.85. The van der Waals surface area contributed by atoms with Crippen LogP contribution in [0.4, 0.5) is 11.5 Å². The zero-order valence-electron chi connectivity index (χ0n) is 8.45. The van der Waals surface area contributed by atoms with E-state index in [1.807, 2.05) is 19.3 Å². The monoisotopic (exact) mass is 192 g/mol. The molecule has 0 amide bonds. The second-order valence-electron chi connectivity index (χ2n) is 3.36. The second kappa shape index (κ2) is 4.28. The van der Waals surface area contributed by atoms with E-state index in [0.717, 1.165) is 37.7 Å². The summed E-state index contributed by atoms with van der Waals surface area (Å²) in [4.78, 5) is 6.72. The van der Waals surface area contributed by atoms with Gasteiger partial charge in [0.25, 0.3) is 0 Å². The Kier molecular flexibility index (Phi) is 2.84. The first-order chi connectivity index (χ1) is 6.92. The number of nitrogens with zero attached hydrogens (tertiary/aromatic N) is 2. The minimum atomic E-state index is 1.03. The van der Waals surface area contributed by atoms with Crippen LogP contribution in [0, 0.1) is 0 Å². The first-order valence-corrected chi connectivity index (χ1v) is 5.00. The molecule has 4 nitrogen and oxygen atoms in total. The van der Waals surface area contributed by atoms with Gasteiger partial charge in [-0.15, -0.1) is 0 Å². The number of piperazine rings is 1. The van der Waals surface area contributed by atoms with Crippen LogP contribution >= 0.6 is 0 Å². The summed E-state index contributed by atoms with van der Waals surface area (Å²) in [5.41, 5.74) is 1.11. The molecule has 1 aromatic rings. The Balaban J connectivity index is 2.20. The van der Waals surface area contributed by atoms with Crippen LogP contribution in [0.15, 0.2) is 18.3 Å². The molecule has 1 aliphatic heterocycles. The summed E-state index contributed by atoms with van der Waals surface area (Å²) in [5, 5.41) is 6.50. The van der Waals surface area contributed by atoms with E-state index in [4.69, 9.17) is 0 Å². The molecule has 4 heteroatoms. The molecule has 0 radical (unpaired) electrons. The first-order valence-electron chi connectivity index (χ1n) is 5.00. The van der Waals surface area contributed by atoms with E-state index < -0.39 is 0 Å². The minimum Gasteiger partial charge on any atom is -0.385 e. The molecule has 2 rings (SSSR count). The Labute approximate surface area is 84.3 Å². The third kappa shape index (κ3) is 1.80. The van der Waals surface area contributed by atoms with Crippen LogP contribution in [0.25, 0.3) is 0 Å². The van der Waals surface area contributed by atoms with E-state index in [1.165, 1.54) is 0 Å².